The molecule has 3 aromatic rings. The van der Waals surface area contributed by atoms with Crippen LogP contribution in [0.25, 0.3) is 10.9 Å². The first-order valence-corrected chi connectivity index (χ1v) is 13.8. The van der Waals surface area contributed by atoms with Crippen molar-refractivity contribution < 1.29 is 24.3 Å². The van der Waals surface area contributed by atoms with E-state index in [1.807, 2.05) is 68.4 Å². The molecule has 0 bridgehead atoms. The first-order valence-electron chi connectivity index (χ1n) is 13.2. The minimum absolute atomic E-state index is 0.0290. The standard InChI is InChI=1S/C29H37N5O5S/c1-17(2)12-24(29(38)39)33-28(37)25(16-40)34-27(36)23(14-19-15-31-22-11-7-6-10-20(19)22)32-26(35)21(30)13-18-8-4-3-5-9-18/h3-11,15,17,21,23-25,31,40H,12-14,16,30H2,1-2H3,(H,32,35)(H,33,37)(H,34,36)(H,38,39). The number of aromatic amines is 1. The molecule has 0 aliphatic heterocycles. The number of aliphatic carboxylic acids is 1. The summed E-state index contributed by atoms with van der Waals surface area (Å²) in [4.78, 5) is 54.3. The van der Waals surface area contributed by atoms with Gasteiger partial charge in [0.2, 0.25) is 17.7 Å². The SMILES string of the molecule is CC(C)CC(NC(=O)C(CS)NC(=O)C(Cc1c[nH]c2ccccc12)NC(=O)C(N)Cc1ccccc1)C(=O)O. The van der Waals surface area contributed by atoms with Crippen LogP contribution in [0.3, 0.4) is 0 Å². The molecule has 4 unspecified atom stereocenters. The third-order valence-corrected chi connectivity index (χ3v) is 6.87. The van der Waals surface area contributed by atoms with Crippen molar-refractivity contribution in [1.29, 1.82) is 0 Å². The number of hydrogen-bond acceptors (Lipinski definition) is 6. The monoisotopic (exact) mass is 567 g/mol. The highest BCUT2D eigenvalue weighted by molar-refractivity contribution is 7.80. The predicted molar refractivity (Wildman–Crippen MR) is 157 cm³/mol. The molecular formula is C29H37N5O5S. The van der Waals surface area contributed by atoms with Crippen molar-refractivity contribution in [3.63, 3.8) is 0 Å². The Balaban J connectivity index is 1.78. The summed E-state index contributed by atoms with van der Waals surface area (Å²) in [5, 5.41) is 18.3. The molecule has 0 spiro atoms. The van der Waals surface area contributed by atoms with E-state index in [9.17, 15) is 24.3 Å². The summed E-state index contributed by atoms with van der Waals surface area (Å²) in [5.41, 5.74) is 8.73. The molecule has 11 heteroatoms. The minimum Gasteiger partial charge on any atom is -0.480 e. The summed E-state index contributed by atoms with van der Waals surface area (Å²) in [6.45, 7) is 3.70. The Morgan fingerprint density at radius 2 is 1.45 bits per heavy atom. The largest absolute Gasteiger partial charge is 0.480 e. The molecule has 1 aromatic heterocycles. The predicted octanol–water partition coefficient (Wildman–Crippen LogP) is 1.80. The fraction of sp³-hybridized carbons (Fsp3) is 0.379. The number of benzene rings is 2. The van der Waals surface area contributed by atoms with Crippen molar-refractivity contribution in [2.75, 3.05) is 5.75 Å². The summed E-state index contributed by atoms with van der Waals surface area (Å²) in [6.07, 6.45) is 2.41. The summed E-state index contributed by atoms with van der Waals surface area (Å²) in [5.74, 6) is -3.01. The lowest BCUT2D eigenvalue weighted by Crippen LogP contribution is -2.58. The van der Waals surface area contributed by atoms with Crippen LogP contribution in [0.4, 0.5) is 0 Å². The zero-order valence-electron chi connectivity index (χ0n) is 22.6. The number of fused-ring (bicyclic) bond motifs is 1. The zero-order valence-corrected chi connectivity index (χ0v) is 23.5. The highest BCUT2D eigenvalue weighted by Crippen LogP contribution is 2.19. The quantitative estimate of drug-likeness (QED) is 0.147. The van der Waals surface area contributed by atoms with Gasteiger partial charge in [-0.25, -0.2) is 4.79 Å². The number of rotatable bonds is 14. The van der Waals surface area contributed by atoms with E-state index in [0.717, 1.165) is 22.0 Å². The number of hydrogen-bond donors (Lipinski definition) is 7. The van der Waals surface area contributed by atoms with Gasteiger partial charge >= 0.3 is 5.97 Å². The highest BCUT2D eigenvalue weighted by Gasteiger charge is 2.30. The average Bonchev–Trinajstić information content (AvgIpc) is 3.33. The maximum absolute atomic E-state index is 13.5. The molecule has 2 aromatic carbocycles. The number of aromatic nitrogens is 1. The normalized spacial score (nSPS) is 14.2. The van der Waals surface area contributed by atoms with E-state index in [1.165, 1.54) is 0 Å². The van der Waals surface area contributed by atoms with Crippen LogP contribution in [0.15, 0.2) is 60.8 Å². The second-order valence-corrected chi connectivity index (χ2v) is 10.6. The van der Waals surface area contributed by atoms with Crippen LogP contribution in [0, 0.1) is 5.92 Å². The number of carbonyl (C=O) groups is 4. The lowest BCUT2D eigenvalue weighted by atomic mass is 10.0. The molecule has 3 amide bonds. The van der Waals surface area contributed by atoms with Gasteiger partial charge in [0.15, 0.2) is 0 Å². The summed E-state index contributed by atoms with van der Waals surface area (Å²) < 4.78 is 0. The number of amides is 3. The zero-order chi connectivity index (χ0) is 29.2. The molecule has 40 heavy (non-hydrogen) atoms. The van der Waals surface area contributed by atoms with Crippen molar-refractivity contribution in [2.45, 2.75) is 57.3 Å². The van der Waals surface area contributed by atoms with Crippen LogP contribution in [0.1, 0.15) is 31.4 Å². The fourth-order valence-corrected chi connectivity index (χ4v) is 4.66. The second kappa shape index (κ2) is 14.5. The number of nitrogens with one attached hydrogen (secondary N) is 4. The molecule has 0 aliphatic rings. The van der Waals surface area contributed by atoms with Gasteiger partial charge in [0, 0.05) is 29.3 Å². The van der Waals surface area contributed by atoms with Crippen molar-refractivity contribution in [2.24, 2.45) is 11.7 Å². The molecule has 10 nitrogen and oxygen atoms in total. The van der Waals surface area contributed by atoms with E-state index >= 15 is 0 Å². The Labute approximate surface area is 238 Å². The Kier molecular flexibility index (Phi) is 11.2. The number of carbonyl (C=O) groups excluding carboxylic acids is 3. The number of carboxylic acid groups (broad SMARTS) is 1. The van der Waals surface area contributed by atoms with E-state index in [4.69, 9.17) is 5.73 Å². The van der Waals surface area contributed by atoms with Gasteiger partial charge in [-0.05, 0) is 36.0 Å². The van der Waals surface area contributed by atoms with Gasteiger partial charge in [-0.1, -0.05) is 62.4 Å². The van der Waals surface area contributed by atoms with Crippen LogP contribution >= 0.6 is 12.6 Å². The minimum atomic E-state index is -1.16. The highest BCUT2D eigenvalue weighted by atomic mass is 32.1. The number of nitrogens with two attached hydrogens (primary N) is 1. The van der Waals surface area contributed by atoms with Gasteiger partial charge in [-0.3, -0.25) is 14.4 Å². The summed E-state index contributed by atoms with van der Waals surface area (Å²) in [6, 6.07) is 12.7. The molecule has 7 N–H and O–H groups in total. The lowest BCUT2D eigenvalue weighted by molar-refractivity contribution is -0.142. The lowest BCUT2D eigenvalue weighted by Gasteiger charge is -2.25. The van der Waals surface area contributed by atoms with Gasteiger partial charge in [-0.15, -0.1) is 0 Å². The Bertz CT molecular complexity index is 1310. The summed E-state index contributed by atoms with van der Waals surface area (Å²) in [7, 11) is 0. The maximum Gasteiger partial charge on any atom is 0.326 e. The van der Waals surface area contributed by atoms with Crippen molar-refractivity contribution in [3.05, 3.63) is 71.9 Å². The van der Waals surface area contributed by atoms with E-state index in [-0.39, 0.29) is 30.9 Å². The van der Waals surface area contributed by atoms with Crippen molar-refractivity contribution in [3.8, 4) is 0 Å². The van der Waals surface area contributed by atoms with E-state index in [0.29, 0.717) is 0 Å². The molecule has 1 heterocycles. The molecule has 3 rings (SSSR count). The van der Waals surface area contributed by atoms with Crippen molar-refractivity contribution in [1.82, 2.24) is 20.9 Å². The summed E-state index contributed by atoms with van der Waals surface area (Å²) >= 11 is 4.20. The van der Waals surface area contributed by atoms with Gasteiger partial charge in [0.05, 0.1) is 6.04 Å². The molecule has 0 fully saturated rings. The fourth-order valence-electron chi connectivity index (χ4n) is 4.40. The molecule has 0 radical (unpaired) electrons. The Morgan fingerprint density at radius 1 is 0.850 bits per heavy atom. The van der Waals surface area contributed by atoms with E-state index < -0.39 is 47.9 Å². The third-order valence-electron chi connectivity index (χ3n) is 6.50. The molecular weight excluding hydrogens is 530 g/mol. The Morgan fingerprint density at radius 3 is 2.10 bits per heavy atom. The molecule has 0 saturated carbocycles. The van der Waals surface area contributed by atoms with Crippen LogP contribution < -0.4 is 21.7 Å². The number of H-pyrrole nitrogens is 1. The number of para-hydroxylation sites is 1. The van der Waals surface area contributed by atoms with Crippen LogP contribution in [0.2, 0.25) is 0 Å². The van der Waals surface area contributed by atoms with Crippen LogP contribution in [0.5, 0.6) is 0 Å². The second-order valence-electron chi connectivity index (χ2n) is 10.2. The topological polar surface area (TPSA) is 166 Å². The number of carboxylic acids is 1. The number of thiol groups is 1. The van der Waals surface area contributed by atoms with Crippen molar-refractivity contribution >= 4 is 47.2 Å². The maximum atomic E-state index is 13.5. The molecule has 214 valence electrons. The van der Waals surface area contributed by atoms with Gasteiger partial charge < -0.3 is 31.8 Å². The first-order chi connectivity index (χ1) is 19.1. The van der Waals surface area contributed by atoms with E-state index in [2.05, 4.69) is 33.6 Å². The van der Waals surface area contributed by atoms with Crippen LogP contribution in [-0.2, 0) is 32.0 Å². The van der Waals surface area contributed by atoms with Crippen LogP contribution in [-0.4, -0.2) is 63.7 Å². The molecule has 0 aliphatic carbocycles. The Hall–Kier alpha value is -3.83. The van der Waals surface area contributed by atoms with E-state index in [1.54, 1.807) is 6.20 Å². The molecule has 4 atom stereocenters. The first kappa shape index (κ1) is 30.7. The smallest absolute Gasteiger partial charge is 0.326 e. The van der Waals surface area contributed by atoms with Gasteiger partial charge in [0.25, 0.3) is 0 Å². The van der Waals surface area contributed by atoms with Gasteiger partial charge in [-0.2, -0.15) is 12.6 Å². The van der Waals surface area contributed by atoms with Gasteiger partial charge in [0.1, 0.15) is 18.1 Å². The third kappa shape index (κ3) is 8.59. The average molecular weight is 568 g/mol. The molecule has 0 saturated heterocycles.